The predicted molar refractivity (Wildman–Crippen MR) is 48.6 cm³/mol. The molecule has 11 heavy (non-hydrogen) atoms. The first kappa shape index (κ1) is 8.23. The topological polar surface area (TPSA) is 49.7 Å². The highest BCUT2D eigenvalue weighted by atomic mass is 127. The van der Waals surface area contributed by atoms with E-state index < -0.39 is 0 Å². The lowest BCUT2D eigenvalue weighted by Gasteiger charge is -1.95. The van der Waals surface area contributed by atoms with E-state index in [1.54, 1.807) is 6.07 Å². The van der Waals surface area contributed by atoms with E-state index in [0.29, 0.717) is 5.69 Å². The fourth-order valence-electron chi connectivity index (χ4n) is 0.636. The Bertz CT molecular complexity index is 318. The molecule has 0 saturated carbocycles. The standard InChI is InChI=1S/C7H4INO2/c8-6-3-5(11)1-2-7(6)9-4-10/h1-3,11H. The van der Waals surface area contributed by atoms with Crippen LogP contribution in [-0.4, -0.2) is 11.2 Å². The summed E-state index contributed by atoms with van der Waals surface area (Å²) in [6, 6.07) is 4.55. The second-order valence-electron chi connectivity index (χ2n) is 1.84. The molecule has 0 unspecified atom stereocenters. The Labute approximate surface area is 76.9 Å². The molecule has 0 heterocycles. The van der Waals surface area contributed by atoms with E-state index in [4.69, 9.17) is 5.11 Å². The molecule has 0 aromatic heterocycles. The van der Waals surface area contributed by atoms with Crippen molar-refractivity contribution < 1.29 is 9.90 Å². The van der Waals surface area contributed by atoms with E-state index in [1.165, 1.54) is 18.2 Å². The normalized spacial score (nSPS) is 8.82. The average Bonchev–Trinajstić information content (AvgIpc) is 1.95. The highest BCUT2D eigenvalue weighted by molar-refractivity contribution is 14.1. The Kier molecular flexibility index (Phi) is 2.62. The van der Waals surface area contributed by atoms with Crippen LogP contribution in [0, 0.1) is 3.57 Å². The molecule has 4 heteroatoms. The first-order valence-electron chi connectivity index (χ1n) is 2.80. The summed E-state index contributed by atoms with van der Waals surface area (Å²) < 4.78 is 0.728. The van der Waals surface area contributed by atoms with Gasteiger partial charge in [0.1, 0.15) is 5.75 Å². The molecule has 1 rings (SSSR count). The first-order valence-corrected chi connectivity index (χ1v) is 3.88. The number of rotatable bonds is 1. The van der Waals surface area contributed by atoms with Crippen molar-refractivity contribution in [2.45, 2.75) is 0 Å². The summed E-state index contributed by atoms with van der Waals surface area (Å²) in [6.45, 7) is 0. The fraction of sp³-hybridized carbons (Fsp3) is 0. The Morgan fingerprint density at radius 2 is 2.27 bits per heavy atom. The lowest BCUT2D eigenvalue weighted by molar-refractivity contribution is 0.475. The molecule has 3 nitrogen and oxygen atoms in total. The summed E-state index contributed by atoms with van der Waals surface area (Å²) in [5.41, 5.74) is 0.526. The molecular weight excluding hydrogens is 257 g/mol. The minimum absolute atomic E-state index is 0.166. The van der Waals surface area contributed by atoms with Gasteiger partial charge in [-0.15, -0.1) is 0 Å². The van der Waals surface area contributed by atoms with E-state index in [-0.39, 0.29) is 5.75 Å². The van der Waals surface area contributed by atoms with Gasteiger partial charge in [-0.3, -0.25) is 0 Å². The van der Waals surface area contributed by atoms with Crippen LogP contribution in [0.4, 0.5) is 5.69 Å². The van der Waals surface area contributed by atoms with Crippen molar-refractivity contribution in [3.05, 3.63) is 21.8 Å². The maximum atomic E-state index is 9.85. The second kappa shape index (κ2) is 3.50. The minimum atomic E-state index is 0.166. The van der Waals surface area contributed by atoms with E-state index >= 15 is 0 Å². The van der Waals surface area contributed by atoms with Gasteiger partial charge < -0.3 is 5.11 Å². The van der Waals surface area contributed by atoms with Crippen molar-refractivity contribution >= 4 is 34.4 Å². The third-order valence-electron chi connectivity index (χ3n) is 1.10. The SMILES string of the molecule is O=C=Nc1ccc(O)cc1I. The van der Waals surface area contributed by atoms with E-state index in [9.17, 15) is 4.79 Å². The third kappa shape index (κ3) is 2.03. The van der Waals surface area contributed by atoms with Crippen LogP contribution in [0.15, 0.2) is 23.2 Å². The number of nitrogens with zero attached hydrogens (tertiary/aromatic N) is 1. The number of aliphatic imine (C=N–C) groups is 1. The van der Waals surface area contributed by atoms with Crippen molar-refractivity contribution in [3.63, 3.8) is 0 Å². The lowest BCUT2D eigenvalue weighted by atomic mass is 10.3. The predicted octanol–water partition coefficient (Wildman–Crippen LogP) is 1.96. The van der Waals surface area contributed by atoms with Gasteiger partial charge in [-0.25, -0.2) is 4.79 Å². The molecule has 0 spiro atoms. The molecule has 0 radical (unpaired) electrons. The van der Waals surface area contributed by atoms with Gasteiger partial charge >= 0.3 is 0 Å². The molecule has 0 aliphatic carbocycles. The fourth-order valence-corrected chi connectivity index (χ4v) is 1.26. The molecule has 0 atom stereocenters. The van der Waals surface area contributed by atoms with Crippen LogP contribution in [0.1, 0.15) is 0 Å². The molecule has 1 N–H and O–H groups in total. The molecule has 56 valence electrons. The number of isocyanates is 1. The zero-order valence-electron chi connectivity index (χ0n) is 5.41. The maximum Gasteiger partial charge on any atom is 0.240 e. The Hall–Kier alpha value is -0.870. The van der Waals surface area contributed by atoms with Crippen molar-refractivity contribution in [1.29, 1.82) is 0 Å². The van der Waals surface area contributed by atoms with Gasteiger partial charge in [-0.2, -0.15) is 4.99 Å². The van der Waals surface area contributed by atoms with Gasteiger partial charge in [0.05, 0.1) is 5.69 Å². The highest BCUT2D eigenvalue weighted by Crippen LogP contribution is 2.24. The van der Waals surface area contributed by atoms with E-state index in [1.807, 2.05) is 22.6 Å². The van der Waals surface area contributed by atoms with Crippen LogP contribution in [0.25, 0.3) is 0 Å². The monoisotopic (exact) mass is 261 g/mol. The number of phenolic OH excluding ortho intramolecular Hbond substituents is 1. The van der Waals surface area contributed by atoms with Gasteiger partial charge in [-0.1, -0.05) is 0 Å². The summed E-state index contributed by atoms with van der Waals surface area (Å²) in [5, 5.41) is 8.96. The second-order valence-corrected chi connectivity index (χ2v) is 3.00. The zero-order chi connectivity index (χ0) is 8.27. The number of hydrogen-bond acceptors (Lipinski definition) is 3. The lowest BCUT2D eigenvalue weighted by Crippen LogP contribution is -1.72. The molecule has 1 aromatic carbocycles. The van der Waals surface area contributed by atoms with Gasteiger partial charge in [0.15, 0.2) is 0 Å². The quantitative estimate of drug-likeness (QED) is 0.477. The van der Waals surface area contributed by atoms with Gasteiger partial charge in [0.25, 0.3) is 0 Å². The van der Waals surface area contributed by atoms with Crippen LogP contribution in [0.5, 0.6) is 5.75 Å². The van der Waals surface area contributed by atoms with Crippen molar-refractivity contribution in [1.82, 2.24) is 0 Å². The third-order valence-corrected chi connectivity index (χ3v) is 1.96. The Balaban J connectivity index is 3.19. The van der Waals surface area contributed by atoms with Crippen molar-refractivity contribution in [3.8, 4) is 5.75 Å². The van der Waals surface area contributed by atoms with Crippen LogP contribution >= 0.6 is 22.6 Å². The summed E-state index contributed by atoms with van der Waals surface area (Å²) in [5.74, 6) is 0.166. The molecule has 0 saturated heterocycles. The number of benzene rings is 1. The number of hydrogen-bond donors (Lipinski definition) is 1. The summed E-state index contributed by atoms with van der Waals surface area (Å²) in [4.78, 5) is 13.3. The molecule has 1 aromatic rings. The van der Waals surface area contributed by atoms with Crippen LogP contribution < -0.4 is 0 Å². The summed E-state index contributed by atoms with van der Waals surface area (Å²) >= 11 is 1.98. The average molecular weight is 261 g/mol. The van der Waals surface area contributed by atoms with Crippen molar-refractivity contribution in [2.75, 3.05) is 0 Å². The maximum absolute atomic E-state index is 9.85. The van der Waals surface area contributed by atoms with Crippen LogP contribution in [0.3, 0.4) is 0 Å². The zero-order valence-corrected chi connectivity index (χ0v) is 7.57. The smallest absolute Gasteiger partial charge is 0.240 e. The Morgan fingerprint density at radius 1 is 1.55 bits per heavy atom. The van der Waals surface area contributed by atoms with Crippen LogP contribution in [0.2, 0.25) is 0 Å². The van der Waals surface area contributed by atoms with E-state index in [0.717, 1.165) is 3.57 Å². The van der Waals surface area contributed by atoms with Crippen molar-refractivity contribution in [2.24, 2.45) is 4.99 Å². The number of carbonyl (C=O) groups excluding carboxylic acids is 1. The number of phenols is 1. The molecule has 0 aliphatic heterocycles. The molecule has 0 amide bonds. The largest absolute Gasteiger partial charge is 0.508 e. The van der Waals surface area contributed by atoms with Gasteiger partial charge in [-0.05, 0) is 40.8 Å². The molecular formula is C7H4INO2. The number of halogens is 1. The van der Waals surface area contributed by atoms with E-state index in [2.05, 4.69) is 4.99 Å². The van der Waals surface area contributed by atoms with Crippen LogP contribution in [-0.2, 0) is 4.79 Å². The minimum Gasteiger partial charge on any atom is -0.508 e. The summed E-state index contributed by atoms with van der Waals surface area (Å²) in [6.07, 6.45) is 1.43. The van der Waals surface area contributed by atoms with Gasteiger partial charge in [0, 0.05) is 3.57 Å². The number of aromatic hydroxyl groups is 1. The highest BCUT2D eigenvalue weighted by Gasteiger charge is 1.97. The molecule has 0 bridgehead atoms. The van der Waals surface area contributed by atoms with Gasteiger partial charge in [0.2, 0.25) is 6.08 Å². The molecule has 0 fully saturated rings. The first-order chi connectivity index (χ1) is 5.24. The molecule has 0 aliphatic rings. The Morgan fingerprint density at radius 3 is 2.82 bits per heavy atom. The summed E-state index contributed by atoms with van der Waals surface area (Å²) in [7, 11) is 0.